The van der Waals surface area contributed by atoms with E-state index in [9.17, 15) is 8.42 Å². The minimum absolute atomic E-state index is 0.000344. The van der Waals surface area contributed by atoms with E-state index in [0.717, 1.165) is 5.75 Å². The zero-order valence-corrected chi connectivity index (χ0v) is 13.0. The van der Waals surface area contributed by atoms with E-state index < -0.39 is 10.0 Å². The summed E-state index contributed by atoms with van der Waals surface area (Å²) in [6, 6.07) is 3.55. The van der Waals surface area contributed by atoms with Crippen molar-refractivity contribution in [2.45, 2.75) is 30.0 Å². The number of aromatic amines is 1. The molecule has 1 aliphatic rings. The molecule has 2 aromatic heterocycles. The van der Waals surface area contributed by atoms with Crippen molar-refractivity contribution in [3.05, 3.63) is 24.5 Å². The Morgan fingerprint density at radius 1 is 1.45 bits per heavy atom. The first-order chi connectivity index (χ1) is 9.51. The predicted octanol–water partition coefficient (Wildman–Crippen LogP) is 2.08. The van der Waals surface area contributed by atoms with Gasteiger partial charge in [0.15, 0.2) is 0 Å². The van der Waals surface area contributed by atoms with Gasteiger partial charge in [-0.2, -0.15) is 16.1 Å². The van der Waals surface area contributed by atoms with Gasteiger partial charge in [0, 0.05) is 41.4 Å². The summed E-state index contributed by atoms with van der Waals surface area (Å²) >= 11 is 1.82. The first-order valence-electron chi connectivity index (χ1n) is 6.57. The van der Waals surface area contributed by atoms with Crippen LogP contribution in [0.4, 0.5) is 0 Å². The molecule has 1 N–H and O–H groups in total. The number of H-pyrrole nitrogens is 1. The molecule has 7 heteroatoms. The molecular weight excluding hydrogens is 294 g/mol. The van der Waals surface area contributed by atoms with Crippen molar-refractivity contribution in [1.82, 2.24) is 14.3 Å². The van der Waals surface area contributed by atoms with E-state index in [0.29, 0.717) is 27.7 Å². The minimum Gasteiger partial charge on any atom is -0.345 e. The maximum atomic E-state index is 12.9. The molecule has 0 spiro atoms. The molecule has 0 aliphatic carbocycles. The van der Waals surface area contributed by atoms with Gasteiger partial charge in [-0.3, -0.25) is 0 Å². The number of nitrogens with zero attached hydrogens (tertiary/aromatic N) is 2. The summed E-state index contributed by atoms with van der Waals surface area (Å²) in [5, 5.41) is 0.965. The third-order valence-corrected chi connectivity index (χ3v) is 7.19. The lowest BCUT2D eigenvalue weighted by Gasteiger charge is -2.36. The van der Waals surface area contributed by atoms with Crippen LogP contribution in [-0.2, 0) is 10.0 Å². The molecule has 1 fully saturated rings. The highest BCUT2D eigenvalue weighted by atomic mass is 32.2. The Kier molecular flexibility index (Phi) is 3.51. The summed E-state index contributed by atoms with van der Waals surface area (Å²) in [6.07, 6.45) is 3.20. The van der Waals surface area contributed by atoms with Gasteiger partial charge in [-0.1, -0.05) is 6.92 Å². The molecule has 1 aliphatic heterocycles. The number of pyridine rings is 1. The quantitative estimate of drug-likeness (QED) is 0.922. The van der Waals surface area contributed by atoms with E-state index >= 15 is 0 Å². The number of rotatable bonds is 2. The number of fused-ring (bicyclic) bond motifs is 1. The van der Waals surface area contributed by atoms with E-state index in [1.165, 1.54) is 0 Å². The van der Waals surface area contributed by atoms with Gasteiger partial charge in [0.25, 0.3) is 0 Å². The molecule has 108 valence electrons. The standard InChI is InChI=1S/C13H17N3O2S2/c1-9-10(2)19-7-6-16(9)20(17,18)12-8-15-13-11(12)4-3-5-14-13/h3-5,8-10H,6-7H2,1-2H3,(H,14,15)/t9-,10-/m1/s1. The van der Waals surface area contributed by atoms with Crippen LogP contribution in [-0.4, -0.2) is 46.3 Å². The lowest BCUT2D eigenvalue weighted by Crippen LogP contribution is -2.47. The summed E-state index contributed by atoms with van der Waals surface area (Å²) in [4.78, 5) is 7.41. The molecular formula is C13H17N3O2S2. The van der Waals surface area contributed by atoms with Gasteiger partial charge in [0.2, 0.25) is 10.0 Å². The van der Waals surface area contributed by atoms with Crippen LogP contribution in [0.5, 0.6) is 0 Å². The summed E-state index contributed by atoms with van der Waals surface area (Å²) in [7, 11) is -3.48. The highest BCUT2D eigenvalue weighted by molar-refractivity contribution is 8.00. The average Bonchev–Trinajstić information content (AvgIpc) is 2.86. The van der Waals surface area contributed by atoms with Crippen molar-refractivity contribution in [2.24, 2.45) is 0 Å². The van der Waals surface area contributed by atoms with Crippen LogP contribution in [0.2, 0.25) is 0 Å². The summed E-state index contributed by atoms with van der Waals surface area (Å²) in [5.41, 5.74) is 0.609. The second kappa shape index (κ2) is 5.05. The Labute approximate surface area is 122 Å². The molecule has 5 nitrogen and oxygen atoms in total. The van der Waals surface area contributed by atoms with Crippen molar-refractivity contribution >= 4 is 32.8 Å². The monoisotopic (exact) mass is 311 g/mol. The van der Waals surface area contributed by atoms with E-state index in [2.05, 4.69) is 16.9 Å². The highest BCUT2D eigenvalue weighted by Gasteiger charge is 2.36. The third kappa shape index (κ3) is 2.13. The highest BCUT2D eigenvalue weighted by Crippen LogP contribution is 2.31. The van der Waals surface area contributed by atoms with E-state index in [-0.39, 0.29) is 6.04 Å². The van der Waals surface area contributed by atoms with Crippen LogP contribution in [0.3, 0.4) is 0 Å². The molecule has 0 bridgehead atoms. The molecule has 20 heavy (non-hydrogen) atoms. The predicted molar refractivity (Wildman–Crippen MR) is 81.4 cm³/mol. The van der Waals surface area contributed by atoms with Crippen LogP contribution in [0.25, 0.3) is 11.0 Å². The fourth-order valence-corrected chi connectivity index (χ4v) is 5.66. The van der Waals surface area contributed by atoms with Gasteiger partial charge in [-0.05, 0) is 19.1 Å². The van der Waals surface area contributed by atoms with Crippen LogP contribution in [0, 0.1) is 0 Å². The molecule has 3 rings (SSSR count). The number of sulfonamides is 1. The molecule has 0 unspecified atom stereocenters. The Morgan fingerprint density at radius 2 is 2.25 bits per heavy atom. The zero-order chi connectivity index (χ0) is 14.3. The lowest BCUT2D eigenvalue weighted by molar-refractivity contribution is 0.340. The number of nitrogens with one attached hydrogen (secondary N) is 1. The summed E-state index contributed by atoms with van der Waals surface area (Å²) in [6.45, 7) is 4.61. The van der Waals surface area contributed by atoms with Gasteiger partial charge in [-0.25, -0.2) is 13.4 Å². The number of thioether (sulfide) groups is 1. The molecule has 2 atom stereocenters. The van der Waals surface area contributed by atoms with Crippen LogP contribution in [0.15, 0.2) is 29.4 Å². The normalized spacial score (nSPS) is 25.1. The van der Waals surface area contributed by atoms with Crippen LogP contribution >= 0.6 is 11.8 Å². The van der Waals surface area contributed by atoms with Crippen molar-refractivity contribution in [2.75, 3.05) is 12.3 Å². The van der Waals surface area contributed by atoms with Crippen LogP contribution < -0.4 is 0 Å². The fraction of sp³-hybridized carbons (Fsp3) is 0.462. The topological polar surface area (TPSA) is 66.1 Å². The van der Waals surface area contributed by atoms with Gasteiger partial charge in [0.1, 0.15) is 10.5 Å². The van der Waals surface area contributed by atoms with E-state index in [1.54, 1.807) is 28.8 Å². The van der Waals surface area contributed by atoms with Crippen molar-refractivity contribution in [3.63, 3.8) is 0 Å². The maximum Gasteiger partial charge on any atom is 0.245 e. The van der Waals surface area contributed by atoms with Gasteiger partial charge < -0.3 is 4.98 Å². The Hall–Kier alpha value is -1.05. The maximum absolute atomic E-state index is 12.9. The Balaban J connectivity index is 2.08. The molecule has 3 heterocycles. The minimum atomic E-state index is -3.48. The molecule has 0 radical (unpaired) electrons. The molecule has 0 saturated carbocycles. The molecule has 1 saturated heterocycles. The number of hydrogen-bond donors (Lipinski definition) is 1. The van der Waals surface area contributed by atoms with Crippen molar-refractivity contribution in [1.29, 1.82) is 0 Å². The van der Waals surface area contributed by atoms with Crippen molar-refractivity contribution < 1.29 is 8.42 Å². The second-order valence-corrected chi connectivity index (χ2v) is 8.33. The zero-order valence-electron chi connectivity index (χ0n) is 11.4. The van der Waals surface area contributed by atoms with E-state index in [1.807, 2.05) is 18.7 Å². The third-order valence-electron chi connectivity index (χ3n) is 3.83. The van der Waals surface area contributed by atoms with Gasteiger partial charge >= 0.3 is 0 Å². The molecule has 0 aromatic carbocycles. The van der Waals surface area contributed by atoms with E-state index in [4.69, 9.17) is 0 Å². The Bertz CT molecular complexity index is 726. The molecule has 0 amide bonds. The Morgan fingerprint density at radius 3 is 3.05 bits per heavy atom. The second-order valence-electron chi connectivity index (χ2n) is 4.98. The molecule has 2 aromatic rings. The number of aromatic nitrogens is 2. The number of hydrogen-bond acceptors (Lipinski definition) is 4. The first kappa shape index (κ1) is 13.9. The summed E-state index contributed by atoms with van der Waals surface area (Å²) in [5.74, 6) is 0.839. The van der Waals surface area contributed by atoms with Crippen molar-refractivity contribution in [3.8, 4) is 0 Å². The smallest absolute Gasteiger partial charge is 0.245 e. The van der Waals surface area contributed by atoms with Gasteiger partial charge in [-0.15, -0.1) is 0 Å². The van der Waals surface area contributed by atoms with Gasteiger partial charge in [0.05, 0.1) is 0 Å². The largest absolute Gasteiger partial charge is 0.345 e. The van der Waals surface area contributed by atoms with Crippen LogP contribution in [0.1, 0.15) is 13.8 Å². The first-order valence-corrected chi connectivity index (χ1v) is 9.06. The SMILES string of the molecule is C[C@@H]1[C@@H](C)SCCN1S(=O)(=O)c1c[nH]c2ncccc12. The fourth-order valence-electron chi connectivity index (χ4n) is 2.52. The summed E-state index contributed by atoms with van der Waals surface area (Å²) < 4.78 is 27.4. The average molecular weight is 311 g/mol. The lowest BCUT2D eigenvalue weighted by atomic mass is 10.2.